The first kappa shape index (κ1) is 17.0. The zero-order valence-electron chi connectivity index (χ0n) is 14.2. The van der Waals surface area contributed by atoms with Gasteiger partial charge in [0.2, 0.25) is 0 Å². The van der Waals surface area contributed by atoms with Gasteiger partial charge in [0, 0.05) is 13.1 Å². The van der Waals surface area contributed by atoms with Crippen molar-refractivity contribution in [3.63, 3.8) is 0 Å². The van der Waals surface area contributed by atoms with Gasteiger partial charge in [-0.2, -0.15) is 0 Å². The Bertz CT molecular complexity index is 732. The maximum Gasteiger partial charge on any atom is 0.410 e. The van der Waals surface area contributed by atoms with Gasteiger partial charge in [-0.05, 0) is 45.7 Å². The maximum atomic E-state index is 12.8. The average Bonchev–Trinajstić information content (AvgIpc) is 2.96. The lowest BCUT2D eigenvalue weighted by molar-refractivity contribution is 0.0219. The molecule has 0 spiro atoms. The number of fused-ring (bicyclic) bond motifs is 1. The zero-order valence-corrected chi connectivity index (χ0v) is 15.0. The number of piperidine rings is 1. The first-order valence-electron chi connectivity index (χ1n) is 8.07. The van der Waals surface area contributed by atoms with E-state index < -0.39 is 16.4 Å². The number of hydrogen-bond acceptors (Lipinski definition) is 5. The van der Waals surface area contributed by atoms with Crippen LogP contribution in [0, 0.1) is 0 Å². The Balaban J connectivity index is 1.72. The van der Waals surface area contributed by atoms with Crippen LogP contribution in [0.3, 0.4) is 0 Å². The highest BCUT2D eigenvalue weighted by atomic mass is 32.2. The summed E-state index contributed by atoms with van der Waals surface area (Å²) < 4.78 is 23.8. The van der Waals surface area contributed by atoms with Crippen LogP contribution in [0.25, 0.3) is 11.1 Å². The summed E-state index contributed by atoms with van der Waals surface area (Å²) in [6, 6.07) is 7.35. The van der Waals surface area contributed by atoms with E-state index in [1.807, 2.05) is 39.0 Å². The van der Waals surface area contributed by atoms with E-state index in [1.165, 1.54) is 0 Å². The zero-order chi connectivity index (χ0) is 17.3. The van der Waals surface area contributed by atoms with E-state index in [0.717, 1.165) is 12.8 Å². The van der Waals surface area contributed by atoms with Gasteiger partial charge in [-0.25, -0.2) is 14.0 Å². The van der Waals surface area contributed by atoms with Gasteiger partial charge in [0.25, 0.3) is 5.22 Å². The number of amides is 1. The fourth-order valence-electron chi connectivity index (χ4n) is 2.68. The summed E-state index contributed by atoms with van der Waals surface area (Å²) in [6.07, 6.45) is 1.20. The summed E-state index contributed by atoms with van der Waals surface area (Å²) >= 11 is 0. The van der Waals surface area contributed by atoms with Crippen molar-refractivity contribution in [3.8, 4) is 0 Å². The molecule has 0 aliphatic carbocycles. The van der Waals surface area contributed by atoms with Gasteiger partial charge in [-0.1, -0.05) is 12.1 Å². The fourth-order valence-corrected chi connectivity index (χ4v) is 4.03. The number of oxazole rings is 1. The minimum atomic E-state index is -1.39. The Morgan fingerprint density at radius 3 is 2.83 bits per heavy atom. The molecule has 130 valence electrons. The lowest BCUT2D eigenvalue weighted by Gasteiger charge is -2.33. The molecule has 2 aromatic rings. The van der Waals surface area contributed by atoms with Crippen molar-refractivity contribution in [2.45, 2.75) is 49.7 Å². The van der Waals surface area contributed by atoms with Crippen LogP contribution in [-0.4, -0.2) is 44.1 Å². The molecule has 2 atom stereocenters. The number of para-hydroxylation sites is 2. The lowest BCUT2D eigenvalue weighted by atomic mass is 10.1. The number of hydrogen-bond donors (Lipinski definition) is 0. The number of rotatable bonds is 2. The number of carbonyl (C=O) groups excluding carboxylic acids is 1. The Labute approximate surface area is 143 Å². The third-order valence-corrected chi connectivity index (χ3v) is 5.29. The molecule has 3 rings (SSSR count). The van der Waals surface area contributed by atoms with E-state index in [9.17, 15) is 9.00 Å². The summed E-state index contributed by atoms with van der Waals surface area (Å²) in [5, 5.41) is 0.0339. The molecule has 6 nitrogen and oxygen atoms in total. The van der Waals surface area contributed by atoms with Crippen LogP contribution in [0.1, 0.15) is 33.6 Å². The molecule has 1 amide bonds. The van der Waals surface area contributed by atoms with Crippen LogP contribution in [0.5, 0.6) is 0 Å². The normalized spacial score (nSPS) is 20.1. The van der Waals surface area contributed by atoms with E-state index in [-0.39, 0.29) is 16.6 Å². The standard InChI is InChI=1S/C17H22N2O4S/c1-17(2,3)23-16(20)19-10-6-7-12(11-19)24(21)15-18-13-8-4-5-9-14(13)22-15/h4-5,8-9,12H,6-7,10-11H2,1-3H3. The number of likely N-dealkylation sites (tertiary alicyclic amines) is 1. The smallest absolute Gasteiger partial charge is 0.410 e. The fraction of sp³-hybridized carbons (Fsp3) is 0.529. The number of benzene rings is 1. The number of aromatic nitrogens is 1. The molecule has 0 bridgehead atoms. The summed E-state index contributed by atoms with van der Waals surface area (Å²) in [5.41, 5.74) is 0.782. The van der Waals surface area contributed by atoms with Gasteiger partial charge in [-0.3, -0.25) is 0 Å². The van der Waals surface area contributed by atoms with Gasteiger partial charge < -0.3 is 14.1 Å². The monoisotopic (exact) mass is 350 g/mol. The molecule has 2 unspecified atom stereocenters. The molecule has 24 heavy (non-hydrogen) atoms. The van der Waals surface area contributed by atoms with Crippen LogP contribution in [-0.2, 0) is 15.5 Å². The molecule has 1 fully saturated rings. The van der Waals surface area contributed by atoms with Gasteiger partial charge in [0.15, 0.2) is 5.58 Å². The van der Waals surface area contributed by atoms with Gasteiger partial charge >= 0.3 is 6.09 Å². The van der Waals surface area contributed by atoms with Crippen molar-refractivity contribution in [2.75, 3.05) is 13.1 Å². The molecule has 0 saturated carbocycles. The van der Waals surface area contributed by atoms with E-state index >= 15 is 0 Å². The van der Waals surface area contributed by atoms with Crippen LogP contribution in [0.2, 0.25) is 0 Å². The average molecular weight is 350 g/mol. The molecule has 7 heteroatoms. The van der Waals surface area contributed by atoms with E-state index in [1.54, 1.807) is 11.0 Å². The molecule has 1 saturated heterocycles. The topological polar surface area (TPSA) is 72.6 Å². The van der Waals surface area contributed by atoms with Crippen molar-refractivity contribution < 1.29 is 18.2 Å². The summed E-state index contributed by atoms with van der Waals surface area (Å²) in [5.74, 6) is 0. The summed E-state index contributed by atoms with van der Waals surface area (Å²) in [7, 11) is -1.39. The van der Waals surface area contributed by atoms with Crippen molar-refractivity contribution in [3.05, 3.63) is 24.3 Å². The minimum absolute atomic E-state index is 0.195. The third kappa shape index (κ3) is 3.77. The highest BCUT2D eigenvalue weighted by molar-refractivity contribution is 7.85. The van der Waals surface area contributed by atoms with Gasteiger partial charge in [-0.15, -0.1) is 0 Å². The minimum Gasteiger partial charge on any atom is -0.444 e. The van der Waals surface area contributed by atoms with Crippen molar-refractivity contribution in [2.24, 2.45) is 0 Å². The second-order valence-electron chi connectivity index (χ2n) is 6.94. The molecule has 1 aromatic carbocycles. The molecular formula is C17H22N2O4S. The van der Waals surface area contributed by atoms with Crippen molar-refractivity contribution >= 4 is 28.0 Å². The molecule has 2 heterocycles. The summed E-state index contributed by atoms with van der Waals surface area (Å²) in [6.45, 7) is 6.52. The third-order valence-electron chi connectivity index (χ3n) is 3.78. The lowest BCUT2D eigenvalue weighted by Crippen LogP contribution is -2.45. The Hall–Kier alpha value is -1.89. The predicted molar refractivity (Wildman–Crippen MR) is 91.2 cm³/mol. The molecule has 1 aromatic heterocycles. The van der Waals surface area contributed by atoms with E-state index in [0.29, 0.717) is 24.2 Å². The van der Waals surface area contributed by atoms with Crippen LogP contribution in [0.15, 0.2) is 33.9 Å². The number of nitrogens with zero attached hydrogens (tertiary/aromatic N) is 2. The number of carbonyl (C=O) groups is 1. The first-order valence-corrected chi connectivity index (χ1v) is 9.29. The maximum absolute atomic E-state index is 12.8. The van der Waals surface area contributed by atoms with Gasteiger partial charge in [0.05, 0.1) is 5.25 Å². The summed E-state index contributed by atoms with van der Waals surface area (Å²) in [4.78, 5) is 18.2. The second-order valence-corrected chi connectivity index (χ2v) is 8.55. The quantitative estimate of drug-likeness (QED) is 0.830. The van der Waals surface area contributed by atoms with Crippen molar-refractivity contribution in [1.29, 1.82) is 0 Å². The predicted octanol–water partition coefficient (Wildman–Crippen LogP) is 3.33. The molecular weight excluding hydrogens is 328 g/mol. The molecule has 0 radical (unpaired) electrons. The van der Waals surface area contributed by atoms with Crippen LogP contribution < -0.4 is 0 Å². The Morgan fingerprint density at radius 1 is 1.38 bits per heavy atom. The largest absolute Gasteiger partial charge is 0.444 e. The molecule has 0 N–H and O–H groups in total. The SMILES string of the molecule is CC(C)(C)OC(=O)N1CCCC(S(=O)c2nc3ccccc3o2)C1. The Kier molecular flexibility index (Phi) is 4.62. The highest BCUT2D eigenvalue weighted by Crippen LogP contribution is 2.24. The molecule has 1 aliphatic heterocycles. The second kappa shape index (κ2) is 6.55. The molecule has 1 aliphatic rings. The van der Waals surface area contributed by atoms with Crippen LogP contribution in [0.4, 0.5) is 4.79 Å². The van der Waals surface area contributed by atoms with Gasteiger partial charge in [0.1, 0.15) is 21.9 Å². The highest BCUT2D eigenvalue weighted by Gasteiger charge is 2.32. The number of ether oxygens (including phenoxy) is 1. The first-order chi connectivity index (χ1) is 11.3. The van der Waals surface area contributed by atoms with E-state index in [2.05, 4.69) is 4.98 Å². The Morgan fingerprint density at radius 2 is 2.12 bits per heavy atom. The van der Waals surface area contributed by atoms with Crippen molar-refractivity contribution in [1.82, 2.24) is 9.88 Å². The van der Waals surface area contributed by atoms with Crippen LogP contribution >= 0.6 is 0 Å². The van der Waals surface area contributed by atoms with E-state index in [4.69, 9.17) is 9.15 Å².